The third-order valence-corrected chi connectivity index (χ3v) is 2.91. The number of likely N-dealkylation sites (N-methyl/N-ethyl adjacent to an activating group) is 1. The SMILES string of the molecule is CCN(Cc1ccccc1)C(=O)C(C)(C)OC. The quantitative estimate of drug-likeness (QED) is 0.784. The summed E-state index contributed by atoms with van der Waals surface area (Å²) in [6.45, 7) is 6.88. The first-order chi connectivity index (χ1) is 8.01. The molecule has 0 unspecified atom stereocenters. The van der Waals surface area contributed by atoms with Crippen LogP contribution in [0.1, 0.15) is 26.3 Å². The Balaban J connectivity index is 2.76. The number of ether oxygens (including phenoxy) is 1. The lowest BCUT2D eigenvalue weighted by molar-refractivity contribution is -0.151. The molecule has 0 N–H and O–H groups in total. The van der Waals surface area contributed by atoms with Crippen LogP contribution in [0, 0.1) is 0 Å². The Morgan fingerprint density at radius 3 is 2.35 bits per heavy atom. The predicted octanol–water partition coefficient (Wildman–Crippen LogP) is 2.46. The fraction of sp³-hybridized carbons (Fsp3) is 0.500. The highest BCUT2D eigenvalue weighted by Crippen LogP contribution is 2.14. The Bertz CT molecular complexity index is 360. The summed E-state index contributed by atoms with van der Waals surface area (Å²) in [6, 6.07) is 9.98. The Morgan fingerprint density at radius 2 is 1.88 bits per heavy atom. The summed E-state index contributed by atoms with van der Waals surface area (Å²) in [5.74, 6) is 0.0198. The maximum absolute atomic E-state index is 12.2. The summed E-state index contributed by atoms with van der Waals surface area (Å²) in [5, 5.41) is 0. The maximum Gasteiger partial charge on any atom is 0.254 e. The van der Waals surface area contributed by atoms with Gasteiger partial charge in [-0.3, -0.25) is 4.79 Å². The molecular weight excluding hydrogens is 214 g/mol. The Kier molecular flexibility index (Phi) is 4.70. The van der Waals surface area contributed by atoms with Gasteiger partial charge in [0.15, 0.2) is 0 Å². The first-order valence-corrected chi connectivity index (χ1v) is 5.89. The van der Waals surface area contributed by atoms with Crippen LogP contribution in [-0.4, -0.2) is 30.1 Å². The highest BCUT2D eigenvalue weighted by Gasteiger charge is 2.31. The minimum absolute atomic E-state index is 0.0198. The largest absolute Gasteiger partial charge is 0.369 e. The number of methoxy groups -OCH3 is 1. The molecule has 0 atom stereocenters. The molecule has 0 fully saturated rings. The third-order valence-electron chi connectivity index (χ3n) is 2.91. The lowest BCUT2D eigenvalue weighted by Crippen LogP contribution is -2.45. The number of carbonyl (C=O) groups excluding carboxylic acids is 1. The number of nitrogens with zero attached hydrogens (tertiary/aromatic N) is 1. The van der Waals surface area contributed by atoms with Gasteiger partial charge in [0.1, 0.15) is 5.60 Å². The lowest BCUT2D eigenvalue weighted by atomic mass is 10.1. The van der Waals surface area contributed by atoms with Gasteiger partial charge in [0.2, 0.25) is 0 Å². The van der Waals surface area contributed by atoms with Crippen LogP contribution in [0.25, 0.3) is 0 Å². The molecule has 0 saturated heterocycles. The van der Waals surface area contributed by atoms with Gasteiger partial charge >= 0.3 is 0 Å². The molecule has 1 amide bonds. The van der Waals surface area contributed by atoms with Crippen molar-refractivity contribution in [2.45, 2.75) is 32.9 Å². The summed E-state index contributed by atoms with van der Waals surface area (Å²) in [4.78, 5) is 14.0. The van der Waals surface area contributed by atoms with Gasteiger partial charge in [-0.1, -0.05) is 30.3 Å². The Labute approximate surface area is 103 Å². The van der Waals surface area contributed by atoms with Gasteiger partial charge in [-0.05, 0) is 26.3 Å². The van der Waals surface area contributed by atoms with Crippen LogP contribution in [0.2, 0.25) is 0 Å². The number of benzene rings is 1. The number of hydrogen-bond acceptors (Lipinski definition) is 2. The van der Waals surface area contributed by atoms with Crippen molar-refractivity contribution in [1.82, 2.24) is 4.90 Å². The molecule has 3 heteroatoms. The molecule has 0 aliphatic heterocycles. The Hall–Kier alpha value is -1.35. The second-order valence-electron chi connectivity index (χ2n) is 4.52. The van der Waals surface area contributed by atoms with Crippen LogP contribution in [0.15, 0.2) is 30.3 Å². The van der Waals surface area contributed by atoms with Gasteiger partial charge in [0.25, 0.3) is 5.91 Å². The molecule has 1 rings (SSSR count). The van der Waals surface area contributed by atoms with E-state index in [1.807, 2.05) is 37.3 Å². The van der Waals surface area contributed by atoms with Crippen molar-refractivity contribution in [2.75, 3.05) is 13.7 Å². The molecule has 0 bridgehead atoms. The molecular formula is C14H21NO2. The van der Waals surface area contributed by atoms with E-state index in [4.69, 9.17) is 4.74 Å². The fourth-order valence-corrected chi connectivity index (χ4v) is 1.60. The van der Waals surface area contributed by atoms with Crippen molar-refractivity contribution in [3.05, 3.63) is 35.9 Å². The van der Waals surface area contributed by atoms with Gasteiger partial charge in [-0.2, -0.15) is 0 Å². The average Bonchev–Trinajstić information content (AvgIpc) is 2.36. The van der Waals surface area contributed by atoms with Crippen molar-refractivity contribution < 1.29 is 9.53 Å². The van der Waals surface area contributed by atoms with E-state index in [1.54, 1.807) is 25.9 Å². The molecule has 0 aliphatic carbocycles. The second kappa shape index (κ2) is 5.82. The molecule has 0 aliphatic rings. The van der Waals surface area contributed by atoms with Gasteiger partial charge in [-0.25, -0.2) is 0 Å². The molecule has 94 valence electrons. The summed E-state index contributed by atoms with van der Waals surface area (Å²) >= 11 is 0. The molecule has 0 saturated carbocycles. The van der Waals surface area contributed by atoms with Gasteiger partial charge in [0, 0.05) is 20.2 Å². The summed E-state index contributed by atoms with van der Waals surface area (Å²) in [6.07, 6.45) is 0. The van der Waals surface area contributed by atoms with Crippen LogP contribution in [0.5, 0.6) is 0 Å². The van der Waals surface area contributed by atoms with E-state index in [9.17, 15) is 4.79 Å². The normalized spacial score (nSPS) is 11.3. The number of carbonyl (C=O) groups is 1. The van der Waals surface area contributed by atoms with Gasteiger partial charge in [0.05, 0.1) is 0 Å². The van der Waals surface area contributed by atoms with E-state index < -0.39 is 5.60 Å². The molecule has 0 spiro atoms. The van der Waals surface area contributed by atoms with Gasteiger partial charge < -0.3 is 9.64 Å². The van der Waals surface area contributed by atoms with E-state index in [0.717, 1.165) is 5.56 Å². The van der Waals surface area contributed by atoms with Crippen molar-refractivity contribution in [3.63, 3.8) is 0 Å². The molecule has 0 aromatic heterocycles. The topological polar surface area (TPSA) is 29.5 Å². The predicted molar refractivity (Wildman–Crippen MR) is 68.6 cm³/mol. The smallest absolute Gasteiger partial charge is 0.254 e. The van der Waals surface area contributed by atoms with Crippen LogP contribution in [0.3, 0.4) is 0 Å². The molecule has 1 aromatic carbocycles. The number of amides is 1. The zero-order chi connectivity index (χ0) is 12.9. The first-order valence-electron chi connectivity index (χ1n) is 5.89. The first kappa shape index (κ1) is 13.7. The highest BCUT2D eigenvalue weighted by atomic mass is 16.5. The van der Waals surface area contributed by atoms with Crippen molar-refractivity contribution in [3.8, 4) is 0 Å². The Morgan fingerprint density at radius 1 is 1.29 bits per heavy atom. The molecule has 17 heavy (non-hydrogen) atoms. The van der Waals surface area contributed by atoms with Crippen molar-refractivity contribution in [2.24, 2.45) is 0 Å². The van der Waals surface area contributed by atoms with Crippen LogP contribution in [-0.2, 0) is 16.1 Å². The molecule has 0 heterocycles. The third kappa shape index (κ3) is 3.56. The molecule has 3 nitrogen and oxygen atoms in total. The monoisotopic (exact) mass is 235 g/mol. The molecule has 0 radical (unpaired) electrons. The number of hydrogen-bond donors (Lipinski definition) is 0. The van der Waals surface area contributed by atoms with Gasteiger partial charge in [-0.15, -0.1) is 0 Å². The average molecular weight is 235 g/mol. The summed E-state index contributed by atoms with van der Waals surface area (Å²) in [5.41, 5.74) is 0.375. The van der Waals surface area contributed by atoms with Crippen molar-refractivity contribution in [1.29, 1.82) is 0 Å². The minimum Gasteiger partial charge on any atom is -0.369 e. The fourth-order valence-electron chi connectivity index (χ4n) is 1.60. The highest BCUT2D eigenvalue weighted by molar-refractivity contribution is 5.84. The van der Waals surface area contributed by atoms with E-state index >= 15 is 0 Å². The standard InChI is InChI=1S/C14H21NO2/c1-5-15(13(16)14(2,3)17-4)11-12-9-7-6-8-10-12/h6-10H,5,11H2,1-4H3. The van der Waals surface area contributed by atoms with E-state index in [0.29, 0.717) is 13.1 Å². The zero-order valence-electron chi connectivity index (χ0n) is 11.1. The van der Waals surface area contributed by atoms with E-state index in [-0.39, 0.29) is 5.91 Å². The second-order valence-corrected chi connectivity index (χ2v) is 4.52. The van der Waals surface area contributed by atoms with E-state index in [1.165, 1.54) is 0 Å². The lowest BCUT2D eigenvalue weighted by Gasteiger charge is -2.30. The maximum atomic E-state index is 12.2. The van der Waals surface area contributed by atoms with E-state index in [2.05, 4.69) is 0 Å². The van der Waals surface area contributed by atoms with Crippen molar-refractivity contribution >= 4 is 5.91 Å². The minimum atomic E-state index is -0.759. The summed E-state index contributed by atoms with van der Waals surface area (Å²) < 4.78 is 5.23. The molecule has 1 aromatic rings. The summed E-state index contributed by atoms with van der Waals surface area (Å²) in [7, 11) is 1.56. The zero-order valence-corrected chi connectivity index (χ0v) is 11.1. The number of rotatable bonds is 5. The van der Waals surface area contributed by atoms with Crippen LogP contribution >= 0.6 is 0 Å². The van der Waals surface area contributed by atoms with Crippen LogP contribution in [0.4, 0.5) is 0 Å². The van der Waals surface area contributed by atoms with Crippen LogP contribution < -0.4 is 0 Å².